The molecule has 1 aliphatic rings. The minimum Gasteiger partial charge on any atom is -0.326 e. The fourth-order valence-electron chi connectivity index (χ4n) is 2.66. The van der Waals surface area contributed by atoms with E-state index in [1.54, 1.807) is 0 Å². The molecule has 0 bridgehead atoms. The molecule has 0 aromatic carbocycles. The van der Waals surface area contributed by atoms with Crippen molar-refractivity contribution < 1.29 is 4.79 Å². The van der Waals surface area contributed by atoms with Crippen molar-refractivity contribution in [3.05, 3.63) is 0 Å². The van der Waals surface area contributed by atoms with Crippen LogP contribution in [0.4, 0.5) is 0 Å². The molecule has 1 rings (SSSR count). The van der Waals surface area contributed by atoms with Gasteiger partial charge in [-0.05, 0) is 59.5 Å². The summed E-state index contributed by atoms with van der Waals surface area (Å²) in [6.07, 6.45) is 3.52. The van der Waals surface area contributed by atoms with Gasteiger partial charge in [0.05, 0.1) is 12.2 Å². The summed E-state index contributed by atoms with van der Waals surface area (Å²) in [6, 6.07) is 0.580. The molecule has 0 radical (unpaired) electrons. The molecule has 20 heavy (non-hydrogen) atoms. The van der Waals surface area contributed by atoms with Crippen LogP contribution in [0.5, 0.6) is 0 Å². The predicted octanol–water partition coefficient (Wildman–Crippen LogP) is 2.30. The van der Waals surface area contributed by atoms with Crippen LogP contribution >= 0.6 is 0 Å². The number of rotatable bonds is 8. The van der Waals surface area contributed by atoms with Crippen LogP contribution in [-0.4, -0.2) is 54.1 Å². The Morgan fingerprint density at radius 2 is 1.90 bits per heavy atom. The molecule has 0 aromatic heterocycles. The first-order valence-electron chi connectivity index (χ1n) is 8.09. The van der Waals surface area contributed by atoms with E-state index in [-0.39, 0.29) is 18.1 Å². The topological polar surface area (TPSA) is 35.6 Å². The molecular weight excluding hydrogens is 250 g/mol. The van der Waals surface area contributed by atoms with Crippen molar-refractivity contribution in [1.29, 1.82) is 0 Å². The average molecular weight is 283 g/mol. The van der Waals surface area contributed by atoms with Gasteiger partial charge < -0.3 is 9.80 Å². The Hall–Kier alpha value is -0.610. The van der Waals surface area contributed by atoms with Crippen molar-refractivity contribution in [2.24, 2.45) is 5.92 Å². The van der Waals surface area contributed by atoms with Crippen molar-refractivity contribution in [3.63, 3.8) is 0 Å². The third-order valence-electron chi connectivity index (χ3n) is 4.21. The molecular formula is C16H33N3O. The van der Waals surface area contributed by atoms with E-state index in [0.29, 0.717) is 12.0 Å². The third-order valence-corrected chi connectivity index (χ3v) is 4.21. The van der Waals surface area contributed by atoms with E-state index in [2.05, 4.69) is 49.9 Å². The second-order valence-electron chi connectivity index (χ2n) is 6.85. The molecule has 0 aromatic rings. The van der Waals surface area contributed by atoms with Crippen LogP contribution in [0.2, 0.25) is 0 Å². The van der Waals surface area contributed by atoms with Gasteiger partial charge in [0.15, 0.2) is 0 Å². The molecule has 1 aliphatic heterocycles. The largest absolute Gasteiger partial charge is 0.326 e. The molecule has 4 nitrogen and oxygen atoms in total. The lowest BCUT2D eigenvalue weighted by molar-refractivity contribution is -0.130. The van der Waals surface area contributed by atoms with E-state index in [4.69, 9.17) is 0 Å². The van der Waals surface area contributed by atoms with Crippen molar-refractivity contribution in [3.8, 4) is 0 Å². The van der Waals surface area contributed by atoms with Gasteiger partial charge in [-0.25, -0.2) is 0 Å². The lowest BCUT2D eigenvalue weighted by Crippen LogP contribution is -2.39. The van der Waals surface area contributed by atoms with Crippen molar-refractivity contribution in [2.45, 2.75) is 72.1 Å². The lowest BCUT2D eigenvalue weighted by Gasteiger charge is -2.26. The van der Waals surface area contributed by atoms with Crippen LogP contribution in [0.3, 0.4) is 0 Å². The molecule has 4 heteroatoms. The molecule has 1 saturated heterocycles. The molecule has 118 valence electrons. The molecule has 0 spiro atoms. The summed E-state index contributed by atoms with van der Waals surface area (Å²) >= 11 is 0. The number of hydrogen-bond acceptors (Lipinski definition) is 3. The second-order valence-corrected chi connectivity index (χ2v) is 6.85. The van der Waals surface area contributed by atoms with Crippen molar-refractivity contribution >= 4 is 5.91 Å². The number of amides is 1. The van der Waals surface area contributed by atoms with Gasteiger partial charge in [-0.15, -0.1) is 0 Å². The van der Waals surface area contributed by atoms with E-state index >= 15 is 0 Å². The zero-order chi connectivity index (χ0) is 15.3. The first-order valence-corrected chi connectivity index (χ1v) is 8.09. The van der Waals surface area contributed by atoms with E-state index in [1.807, 2.05) is 6.92 Å². The maximum Gasteiger partial charge on any atom is 0.240 e. The van der Waals surface area contributed by atoms with Gasteiger partial charge in [0.2, 0.25) is 5.91 Å². The summed E-state index contributed by atoms with van der Waals surface area (Å²) in [5.74, 6) is 0.882. The standard InChI is InChI=1S/C16H33N3O/c1-12(2)11-15-17-14(5)16(20)19(15)10-8-7-9-18(6)13(3)4/h12-15,17H,7-11H2,1-6H3. The highest BCUT2D eigenvalue weighted by Gasteiger charge is 2.35. The first-order chi connectivity index (χ1) is 9.32. The maximum atomic E-state index is 12.2. The normalized spacial score (nSPS) is 23.6. The quantitative estimate of drug-likeness (QED) is 0.694. The minimum atomic E-state index is -0.0166. The molecule has 1 fully saturated rings. The van der Waals surface area contributed by atoms with Gasteiger partial charge in [-0.2, -0.15) is 0 Å². The van der Waals surface area contributed by atoms with E-state index < -0.39 is 0 Å². The Labute approximate surface area is 124 Å². The smallest absolute Gasteiger partial charge is 0.240 e. The zero-order valence-corrected chi connectivity index (χ0v) is 14.1. The van der Waals surface area contributed by atoms with Crippen molar-refractivity contribution in [2.75, 3.05) is 20.1 Å². The summed E-state index contributed by atoms with van der Waals surface area (Å²) in [5, 5.41) is 3.42. The van der Waals surface area contributed by atoms with E-state index in [9.17, 15) is 4.79 Å². The second kappa shape index (κ2) is 7.99. The molecule has 2 atom stereocenters. The van der Waals surface area contributed by atoms with Gasteiger partial charge in [-0.3, -0.25) is 10.1 Å². The number of nitrogens with zero attached hydrogens (tertiary/aromatic N) is 2. The molecule has 0 saturated carbocycles. The van der Waals surface area contributed by atoms with Crippen LogP contribution in [-0.2, 0) is 4.79 Å². The fourth-order valence-corrected chi connectivity index (χ4v) is 2.66. The monoisotopic (exact) mass is 283 g/mol. The molecule has 2 unspecified atom stereocenters. The highest BCUT2D eigenvalue weighted by Crippen LogP contribution is 2.18. The van der Waals surface area contributed by atoms with Gasteiger partial charge in [0, 0.05) is 12.6 Å². The van der Waals surface area contributed by atoms with Gasteiger partial charge in [-0.1, -0.05) is 13.8 Å². The van der Waals surface area contributed by atoms with E-state index in [0.717, 1.165) is 32.4 Å². The fraction of sp³-hybridized carbons (Fsp3) is 0.938. The predicted molar refractivity (Wildman–Crippen MR) is 84.6 cm³/mol. The number of nitrogens with one attached hydrogen (secondary N) is 1. The van der Waals surface area contributed by atoms with Crippen LogP contribution in [0.25, 0.3) is 0 Å². The lowest BCUT2D eigenvalue weighted by atomic mass is 10.1. The van der Waals surface area contributed by atoms with Crippen LogP contribution in [0, 0.1) is 5.92 Å². The van der Waals surface area contributed by atoms with Crippen LogP contribution in [0.1, 0.15) is 53.9 Å². The Kier molecular flexibility index (Phi) is 6.96. The van der Waals surface area contributed by atoms with Gasteiger partial charge >= 0.3 is 0 Å². The average Bonchev–Trinajstić information content (AvgIpc) is 2.60. The molecule has 1 N–H and O–H groups in total. The highest BCUT2D eigenvalue weighted by molar-refractivity contribution is 5.83. The Morgan fingerprint density at radius 3 is 2.45 bits per heavy atom. The summed E-state index contributed by atoms with van der Waals surface area (Å²) < 4.78 is 0. The molecule has 0 aliphatic carbocycles. The SMILES string of the molecule is CC(C)CC1NC(C)C(=O)N1CCCCN(C)C(C)C. The summed E-state index contributed by atoms with van der Waals surface area (Å²) in [6.45, 7) is 12.8. The van der Waals surface area contributed by atoms with Crippen LogP contribution in [0.15, 0.2) is 0 Å². The maximum absolute atomic E-state index is 12.2. The summed E-state index contributed by atoms with van der Waals surface area (Å²) in [5.41, 5.74) is 0. The number of carbonyl (C=O) groups is 1. The number of carbonyl (C=O) groups excluding carboxylic acids is 1. The first kappa shape index (κ1) is 17.4. The minimum absolute atomic E-state index is 0.0166. The third kappa shape index (κ3) is 5.06. The van der Waals surface area contributed by atoms with Gasteiger partial charge in [0.25, 0.3) is 0 Å². The number of unbranched alkanes of at least 4 members (excludes halogenated alkanes) is 1. The van der Waals surface area contributed by atoms with Crippen LogP contribution < -0.4 is 5.32 Å². The zero-order valence-electron chi connectivity index (χ0n) is 14.1. The Bertz CT molecular complexity index is 304. The van der Waals surface area contributed by atoms with Gasteiger partial charge in [0.1, 0.15) is 0 Å². The molecule has 1 amide bonds. The number of hydrogen-bond donors (Lipinski definition) is 1. The molecule has 1 heterocycles. The summed E-state index contributed by atoms with van der Waals surface area (Å²) in [4.78, 5) is 16.6. The van der Waals surface area contributed by atoms with Crippen molar-refractivity contribution in [1.82, 2.24) is 15.1 Å². The Balaban J connectivity index is 2.37. The highest BCUT2D eigenvalue weighted by atomic mass is 16.2. The van der Waals surface area contributed by atoms with E-state index in [1.165, 1.54) is 0 Å². The Morgan fingerprint density at radius 1 is 1.25 bits per heavy atom. The summed E-state index contributed by atoms with van der Waals surface area (Å²) in [7, 11) is 2.16.